The lowest BCUT2D eigenvalue weighted by Crippen LogP contribution is -1.95. The van der Waals surface area contributed by atoms with Crippen LogP contribution in [0.2, 0.25) is 0 Å². The first-order valence-corrected chi connectivity index (χ1v) is 13.9. The van der Waals surface area contributed by atoms with Crippen LogP contribution in [0.1, 0.15) is 11.1 Å². The van der Waals surface area contributed by atoms with Gasteiger partial charge in [-0.25, -0.2) is 0 Å². The van der Waals surface area contributed by atoms with E-state index in [2.05, 4.69) is 152 Å². The van der Waals surface area contributed by atoms with Crippen molar-refractivity contribution >= 4 is 54.2 Å². The highest BCUT2D eigenvalue weighted by Crippen LogP contribution is 2.42. The van der Waals surface area contributed by atoms with E-state index in [1.54, 1.807) is 6.20 Å². The van der Waals surface area contributed by atoms with Crippen molar-refractivity contribution < 1.29 is 0 Å². The maximum atomic E-state index is 6.35. The summed E-state index contributed by atoms with van der Waals surface area (Å²) in [6.07, 6.45) is 5.89. The van der Waals surface area contributed by atoms with Gasteiger partial charge in [0.1, 0.15) is 0 Å². The summed E-state index contributed by atoms with van der Waals surface area (Å²) in [6.45, 7) is 4.38. The largest absolute Gasteiger partial charge is 0.404 e. The average Bonchev–Trinajstić information content (AvgIpc) is 3.04. The highest BCUT2D eigenvalue weighted by atomic mass is 14.5. The van der Waals surface area contributed by atoms with Gasteiger partial charge in [-0.1, -0.05) is 140 Å². The van der Waals surface area contributed by atoms with E-state index in [1.807, 2.05) is 0 Å². The molecule has 1 heteroatoms. The molecule has 0 aliphatic heterocycles. The molecule has 0 spiro atoms. The molecule has 0 aliphatic rings. The molecule has 7 aromatic rings. The van der Waals surface area contributed by atoms with Crippen LogP contribution in [0.4, 0.5) is 0 Å². The molecule has 0 saturated heterocycles. The Labute approximate surface area is 240 Å². The summed E-state index contributed by atoms with van der Waals surface area (Å²) >= 11 is 0. The van der Waals surface area contributed by atoms with E-state index in [0.29, 0.717) is 0 Å². The van der Waals surface area contributed by atoms with Gasteiger partial charge in [0.25, 0.3) is 0 Å². The molecule has 2 N–H and O–H groups in total. The smallest absolute Gasteiger partial charge is 0.00180 e. The first-order chi connectivity index (χ1) is 20.2. The average molecular weight is 524 g/mol. The predicted octanol–water partition coefficient (Wildman–Crippen LogP) is 10.5. The number of allylic oxidation sites excluding steroid dienone is 4. The minimum absolute atomic E-state index is 0.941. The molecule has 0 unspecified atom stereocenters. The summed E-state index contributed by atoms with van der Waals surface area (Å²) in [6, 6.07) is 47.5. The van der Waals surface area contributed by atoms with Crippen LogP contribution in [-0.2, 0) is 0 Å². The van der Waals surface area contributed by atoms with Crippen molar-refractivity contribution in [2.75, 3.05) is 0 Å². The van der Waals surface area contributed by atoms with Gasteiger partial charge in [-0.15, -0.1) is 0 Å². The zero-order valence-electron chi connectivity index (χ0n) is 22.7. The van der Waals surface area contributed by atoms with Gasteiger partial charge in [-0.05, 0) is 88.6 Å². The Morgan fingerprint density at radius 1 is 0.512 bits per heavy atom. The second-order valence-corrected chi connectivity index (χ2v) is 10.4. The van der Waals surface area contributed by atoms with Crippen molar-refractivity contribution in [1.29, 1.82) is 0 Å². The Morgan fingerprint density at radius 3 is 1.63 bits per heavy atom. The molecule has 0 radical (unpaired) electrons. The fourth-order valence-corrected chi connectivity index (χ4v) is 5.99. The van der Waals surface area contributed by atoms with E-state index in [0.717, 1.165) is 22.3 Å². The Hall–Kier alpha value is -5.40. The Bertz CT molecular complexity index is 2120. The van der Waals surface area contributed by atoms with Crippen LogP contribution >= 0.6 is 0 Å². The van der Waals surface area contributed by atoms with E-state index >= 15 is 0 Å². The fourth-order valence-electron chi connectivity index (χ4n) is 5.99. The molecular weight excluding hydrogens is 494 g/mol. The third-order valence-corrected chi connectivity index (χ3v) is 8.02. The van der Waals surface area contributed by atoms with Gasteiger partial charge in [-0.3, -0.25) is 0 Å². The summed E-state index contributed by atoms with van der Waals surface area (Å²) in [5, 5.41) is 9.66. The molecule has 1 nitrogen and oxygen atoms in total. The van der Waals surface area contributed by atoms with Crippen LogP contribution in [-0.4, -0.2) is 0 Å². The standard InChI is InChI=1S/C40H29N/c1-27(30-22-20-28-10-2-4-12-31(28)24-30)18-19-34(26-41)40-37-16-8-6-14-35(37)39(36-15-7-9-17-38(36)40)33-23-21-29-11-3-5-13-32(29)25-33/h2-26H,1,41H2/b19-18-,34-26+. The number of hydrogen-bond acceptors (Lipinski definition) is 1. The molecular formula is C40H29N. The minimum Gasteiger partial charge on any atom is -0.404 e. The number of rotatable bonds is 5. The molecule has 41 heavy (non-hydrogen) atoms. The second kappa shape index (κ2) is 10.3. The van der Waals surface area contributed by atoms with Crippen molar-refractivity contribution in [3.63, 3.8) is 0 Å². The van der Waals surface area contributed by atoms with Crippen LogP contribution in [0.25, 0.3) is 65.4 Å². The van der Waals surface area contributed by atoms with E-state index in [1.165, 1.54) is 54.2 Å². The van der Waals surface area contributed by atoms with Crippen molar-refractivity contribution in [2.45, 2.75) is 0 Å². The fraction of sp³-hybridized carbons (Fsp3) is 0. The minimum atomic E-state index is 0.941. The summed E-state index contributed by atoms with van der Waals surface area (Å²) in [7, 11) is 0. The van der Waals surface area contributed by atoms with Crippen molar-refractivity contribution in [1.82, 2.24) is 0 Å². The molecule has 0 heterocycles. The zero-order valence-corrected chi connectivity index (χ0v) is 22.7. The molecule has 0 bridgehead atoms. The van der Waals surface area contributed by atoms with Gasteiger partial charge in [0.2, 0.25) is 0 Å². The zero-order chi connectivity index (χ0) is 27.8. The van der Waals surface area contributed by atoms with Gasteiger partial charge in [0, 0.05) is 6.20 Å². The van der Waals surface area contributed by atoms with Crippen LogP contribution in [0.3, 0.4) is 0 Å². The maximum absolute atomic E-state index is 6.35. The number of nitrogens with two attached hydrogens (primary N) is 1. The molecule has 194 valence electrons. The Balaban J connectivity index is 1.39. The van der Waals surface area contributed by atoms with Crippen LogP contribution in [0.5, 0.6) is 0 Å². The van der Waals surface area contributed by atoms with E-state index in [-0.39, 0.29) is 0 Å². The quantitative estimate of drug-likeness (QED) is 0.176. The van der Waals surface area contributed by atoms with E-state index < -0.39 is 0 Å². The van der Waals surface area contributed by atoms with Gasteiger partial charge in [0.15, 0.2) is 0 Å². The normalized spacial score (nSPS) is 12.1. The second-order valence-electron chi connectivity index (χ2n) is 10.4. The third-order valence-electron chi connectivity index (χ3n) is 8.02. The van der Waals surface area contributed by atoms with Gasteiger partial charge in [0.05, 0.1) is 0 Å². The van der Waals surface area contributed by atoms with Crippen molar-refractivity contribution in [3.8, 4) is 11.1 Å². The van der Waals surface area contributed by atoms with Crippen molar-refractivity contribution in [2.24, 2.45) is 5.73 Å². The lowest BCUT2D eigenvalue weighted by molar-refractivity contribution is 1.59. The lowest BCUT2D eigenvalue weighted by atomic mass is 9.85. The topological polar surface area (TPSA) is 26.0 Å². The van der Waals surface area contributed by atoms with Gasteiger partial charge in [-0.2, -0.15) is 0 Å². The molecule has 0 atom stereocenters. The lowest BCUT2D eigenvalue weighted by Gasteiger charge is -2.18. The number of benzene rings is 7. The molecule has 0 fully saturated rings. The predicted molar refractivity (Wildman–Crippen MR) is 179 cm³/mol. The van der Waals surface area contributed by atoms with E-state index in [4.69, 9.17) is 5.73 Å². The molecule has 0 saturated carbocycles. The summed E-state index contributed by atoms with van der Waals surface area (Å²) in [4.78, 5) is 0. The van der Waals surface area contributed by atoms with Crippen molar-refractivity contribution in [3.05, 3.63) is 170 Å². The molecule has 0 aromatic heterocycles. The monoisotopic (exact) mass is 523 g/mol. The van der Waals surface area contributed by atoms with Crippen LogP contribution in [0.15, 0.2) is 158 Å². The first kappa shape index (κ1) is 24.6. The summed E-state index contributed by atoms with van der Waals surface area (Å²) in [5.74, 6) is 0. The number of fused-ring (bicyclic) bond motifs is 4. The third kappa shape index (κ3) is 4.38. The molecule has 0 amide bonds. The Kier molecular flexibility index (Phi) is 6.18. The molecule has 0 aliphatic carbocycles. The van der Waals surface area contributed by atoms with E-state index in [9.17, 15) is 0 Å². The first-order valence-electron chi connectivity index (χ1n) is 13.9. The summed E-state index contributed by atoms with van der Waals surface area (Å²) < 4.78 is 0. The summed E-state index contributed by atoms with van der Waals surface area (Å²) in [5.41, 5.74) is 12.9. The Morgan fingerprint density at radius 2 is 1.02 bits per heavy atom. The number of hydrogen-bond donors (Lipinski definition) is 1. The van der Waals surface area contributed by atoms with Gasteiger partial charge < -0.3 is 5.73 Å². The SMILES string of the molecule is C=C(/C=C\C(=C/N)c1c2ccccc2c(-c2ccc3ccccc3c2)c2ccccc12)c1ccc2ccccc2c1. The highest BCUT2D eigenvalue weighted by molar-refractivity contribution is 6.19. The molecule has 7 aromatic carbocycles. The van der Waals surface area contributed by atoms with Crippen LogP contribution in [0, 0.1) is 0 Å². The highest BCUT2D eigenvalue weighted by Gasteiger charge is 2.17. The van der Waals surface area contributed by atoms with Crippen LogP contribution < -0.4 is 5.73 Å². The maximum Gasteiger partial charge on any atom is 0.00180 e. The molecule has 7 rings (SSSR count). The van der Waals surface area contributed by atoms with Gasteiger partial charge >= 0.3 is 0 Å².